The minimum atomic E-state index is -0.237. The number of hydrogen-bond donors (Lipinski definition) is 2. The number of halogens is 2. The molecule has 1 saturated heterocycles. The lowest BCUT2D eigenvalue weighted by Gasteiger charge is -2.34. The van der Waals surface area contributed by atoms with Crippen molar-refractivity contribution >= 4 is 29.9 Å². The normalized spacial score (nSPS) is 16.2. The summed E-state index contributed by atoms with van der Waals surface area (Å²) in [6.07, 6.45) is 2.56. The number of hydrogen-bond acceptors (Lipinski definition) is 4. The molecule has 1 fully saturated rings. The first-order valence-corrected chi connectivity index (χ1v) is 9.23. The van der Waals surface area contributed by atoms with Crippen LogP contribution in [-0.2, 0) is 11.2 Å². The molecule has 152 valence electrons. The Hall–Kier alpha value is -1.78. The number of nitrogens with one attached hydrogen (secondary N) is 1. The number of nitrogens with two attached hydrogens (primary N) is 1. The molecule has 0 spiro atoms. The molecule has 1 aliphatic heterocycles. The molecule has 28 heavy (non-hydrogen) atoms. The zero-order valence-electron chi connectivity index (χ0n) is 15.8. The van der Waals surface area contributed by atoms with Crippen molar-refractivity contribution in [2.24, 2.45) is 10.7 Å². The van der Waals surface area contributed by atoms with Crippen molar-refractivity contribution in [1.29, 1.82) is 0 Å². The van der Waals surface area contributed by atoms with Crippen molar-refractivity contribution < 1.29 is 9.13 Å². The van der Waals surface area contributed by atoms with Crippen LogP contribution in [0.15, 0.2) is 53.7 Å². The van der Waals surface area contributed by atoms with Crippen molar-refractivity contribution in [2.75, 3.05) is 39.4 Å². The van der Waals surface area contributed by atoms with Crippen LogP contribution in [0.1, 0.15) is 17.3 Å². The van der Waals surface area contributed by atoms with Gasteiger partial charge in [0.2, 0.25) is 0 Å². The van der Waals surface area contributed by atoms with E-state index in [0.717, 1.165) is 30.8 Å². The van der Waals surface area contributed by atoms with Gasteiger partial charge >= 0.3 is 0 Å². The molecule has 3 N–H and O–H groups in total. The lowest BCUT2D eigenvalue weighted by atomic mass is 10.0. The van der Waals surface area contributed by atoms with Crippen LogP contribution >= 0.6 is 24.0 Å². The monoisotopic (exact) mass is 499 g/mol. The van der Waals surface area contributed by atoms with Gasteiger partial charge in [0.15, 0.2) is 5.96 Å². The largest absolute Gasteiger partial charge is 0.379 e. The number of aromatic nitrogens is 1. The van der Waals surface area contributed by atoms with Crippen LogP contribution < -0.4 is 11.1 Å². The molecule has 1 aromatic heterocycles. The Bertz CT molecular complexity index is 723. The van der Waals surface area contributed by atoms with Crippen LogP contribution in [0.4, 0.5) is 4.39 Å². The molecule has 1 atom stereocenters. The van der Waals surface area contributed by atoms with E-state index in [1.54, 1.807) is 6.20 Å². The third-order valence-corrected chi connectivity index (χ3v) is 4.59. The first-order valence-electron chi connectivity index (χ1n) is 9.23. The fraction of sp³-hybridized carbons (Fsp3) is 0.400. The first kappa shape index (κ1) is 22.5. The maximum Gasteiger partial charge on any atom is 0.188 e. The minimum Gasteiger partial charge on any atom is -0.379 e. The van der Waals surface area contributed by atoms with Crippen LogP contribution in [0, 0.1) is 5.82 Å². The van der Waals surface area contributed by atoms with E-state index in [1.807, 2.05) is 30.3 Å². The van der Waals surface area contributed by atoms with E-state index in [-0.39, 0.29) is 35.8 Å². The van der Waals surface area contributed by atoms with E-state index in [2.05, 4.69) is 20.2 Å². The third-order valence-electron chi connectivity index (χ3n) is 4.59. The highest BCUT2D eigenvalue weighted by Gasteiger charge is 2.22. The summed E-state index contributed by atoms with van der Waals surface area (Å²) in [6.45, 7) is 4.22. The molecule has 0 amide bonds. The van der Waals surface area contributed by atoms with Gasteiger partial charge in [-0.3, -0.25) is 14.9 Å². The minimum absolute atomic E-state index is 0. The molecule has 3 rings (SSSR count). The summed E-state index contributed by atoms with van der Waals surface area (Å²) >= 11 is 0. The Morgan fingerprint density at radius 1 is 1.21 bits per heavy atom. The van der Waals surface area contributed by atoms with Gasteiger partial charge < -0.3 is 15.8 Å². The Kier molecular flexibility index (Phi) is 9.59. The van der Waals surface area contributed by atoms with Crippen LogP contribution in [0.25, 0.3) is 0 Å². The Morgan fingerprint density at radius 2 is 1.96 bits per heavy atom. The maximum absolute atomic E-state index is 13.3. The summed E-state index contributed by atoms with van der Waals surface area (Å²) in [4.78, 5) is 11.1. The van der Waals surface area contributed by atoms with Gasteiger partial charge in [0, 0.05) is 37.9 Å². The van der Waals surface area contributed by atoms with Crippen molar-refractivity contribution in [1.82, 2.24) is 15.2 Å². The number of benzene rings is 1. The fourth-order valence-electron chi connectivity index (χ4n) is 3.11. The Balaban J connectivity index is 0.00000280. The quantitative estimate of drug-likeness (QED) is 0.348. The highest BCUT2D eigenvalue weighted by molar-refractivity contribution is 14.0. The smallest absolute Gasteiger partial charge is 0.188 e. The average molecular weight is 499 g/mol. The highest BCUT2D eigenvalue weighted by Crippen LogP contribution is 2.22. The summed E-state index contributed by atoms with van der Waals surface area (Å²) in [5, 5.41) is 3.13. The summed E-state index contributed by atoms with van der Waals surface area (Å²) < 4.78 is 18.7. The van der Waals surface area contributed by atoms with Crippen molar-refractivity contribution in [2.45, 2.75) is 12.5 Å². The number of pyridine rings is 1. The summed E-state index contributed by atoms with van der Waals surface area (Å²) in [7, 11) is 0. The second-order valence-electron chi connectivity index (χ2n) is 6.44. The van der Waals surface area contributed by atoms with E-state index in [0.29, 0.717) is 32.3 Å². The molecule has 8 heteroatoms. The van der Waals surface area contributed by atoms with E-state index in [9.17, 15) is 4.39 Å². The number of guanidine groups is 1. The van der Waals surface area contributed by atoms with E-state index >= 15 is 0 Å². The number of morpholine rings is 1. The predicted octanol–water partition coefficient (Wildman–Crippen LogP) is 2.36. The first-order chi connectivity index (χ1) is 13.2. The highest BCUT2D eigenvalue weighted by atomic mass is 127. The Morgan fingerprint density at radius 3 is 2.64 bits per heavy atom. The van der Waals surface area contributed by atoms with Gasteiger partial charge in [-0.25, -0.2) is 4.39 Å². The second kappa shape index (κ2) is 11.9. The molecule has 1 aromatic carbocycles. The van der Waals surface area contributed by atoms with Crippen LogP contribution in [0.2, 0.25) is 0 Å². The van der Waals surface area contributed by atoms with Gasteiger partial charge in [0.25, 0.3) is 0 Å². The van der Waals surface area contributed by atoms with Crippen LogP contribution in [0.5, 0.6) is 0 Å². The average Bonchev–Trinajstić information content (AvgIpc) is 2.71. The molecule has 0 bridgehead atoms. The van der Waals surface area contributed by atoms with Crippen LogP contribution in [0.3, 0.4) is 0 Å². The van der Waals surface area contributed by atoms with Gasteiger partial charge in [0.1, 0.15) is 5.82 Å². The van der Waals surface area contributed by atoms with Gasteiger partial charge in [-0.15, -0.1) is 24.0 Å². The maximum atomic E-state index is 13.3. The van der Waals surface area contributed by atoms with E-state index in [1.165, 1.54) is 12.1 Å². The molecule has 1 unspecified atom stereocenters. The van der Waals surface area contributed by atoms with Crippen molar-refractivity contribution in [3.63, 3.8) is 0 Å². The van der Waals surface area contributed by atoms with Crippen molar-refractivity contribution in [3.8, 4) is 0 Å². The second-order valence-corrected chi connectivity index (χ2v) is 6.44. The van der Waals surface area contributed by atoms with E-state index in [4.69, 9.17) is 10.5 Å². The molecule has 6 nitrogen and oxygen atoms in total. The van der Waals surface area contributed by atoms with Gasteiger partial charge in [-0.05, 0) is 29.8 Å². The molecule has 1 aliphatic rings. The van der Waals surface area contributed by atoms with Gasteiger partial charge in [0.05, 0.1) is 25.8 Å². The van der Waals surface area contributed by atoms with Gasteiger partial charge in [-0.2, -0.15) is 0 Å². The summed E-state index contributed by atoms with van der Waals surface area (Å²) in [6, 6.07) is 12.5. The topological polar surface area (TPSA) is 75.8 Å². The number of aliphatic imine (C=N–C) groups is 1. The summed E-state index contributed by atoms with van der Waals surface area (Å²) in [5.41, 5.74) is 8.07. The van der Waals surface area contributed by atoms with Gasteiger partial charge in [-0.1, -0.05) is 18.2 Å². The third kappa shape index (κ3) is 6.99. The standard InChI is InChI=1S/C20H26FN5O.HI/c21-17-6-4-16(5-7-17)19(26-11-13-27-14-12-26)15-25-20(22)24-10-8-18-3-1-2-9-23-18;/h1-7,9,19H,8,10-15H2,(H3,22,24,25);1H. The molecule has 2 aromatic rings. The van der Waals surface area contributed by atoms with Crippen molar-refractivity contribution in [3.05, 3.63) is 65.7 Å². The Labute approximate surface area is 182 Å². The lowest BCUT2D eigenvalue weighted by Crippen LogP contribution is -2.41. The molecular formula is C20H27FIN5O. The molecule has 0 saturated carbocycles. The number of rotatable bonds is 7. The fourth-order valence-corrected chi connectivity index (χ4v) is 3.11. The molecule has 2 heterocycles. The zero-order valence-corrected chi connectivity index (χ0v) is 18.1. The predicted molar refractivity (Wildman–Crippen MR) is 119 cm³/mol. The van der Waals surface area contributed by atoms with E-state index < -0.39 is 0 Å². The zero-order chi connectivity index (χ0) is 18.9. The summed E-state index contributed by atoms with van der Waals surface area (Å²) in [5.74, 6) is 0.171. The van der Waals surface area contributed by atoms with Crippen LogP contribution in [-0.4, -0.2) is 55.2 Å². The SMILES string of the molecule is I.NC(=NCC(c1ccc(F)cc1)N1CCOCC1)NCCc1ccccn1. The number of ether oxygens (including phenoxy) is 1. The lowest BCUT2D eigenvalue weighted by molar-refractivity contribution is 0.0179. The number of nitrogens with zero attached hydrogens (tertiary/aromatic N) is 3. The molecule has 0 aliphatic carbocycles. The molecular weight excluding hydrogens is 472 g/mol. The molecule has 0 radical (unpaired) electrons.